The molecule has 0 aromatic heterocycles. The molecule has 0 aliphatic rings. The normalized spacial score (nSPS) is 11.3. The number of amides is 1. The number of rotatable bonds is 12. The highest BCUT2D eigenvalue weighted by Gasteiger charge is 2.11. The Hall–Kier alpha value is -0.490. The lowest BCUT2D eigenvalue weighted by molar-refractivity contribution is 0.203. The highest BCUT2D eigenvalue weighted by Crippen LogP contribution is 2.10. The van der Waals surface area contributed by atoms with E-state index in [1.807, 2.05) is 0 Å². The van der Waals surface area contributed by atoms with Crippen LogP contribution in [0.3, 0.4) is 0 Å². The number of halogens is 1. The average Bonchev–Trinajstić information content (AvgIpc) is 2.34. The molecule has 0 rings (SSSR count). The molecule has 5 nitrogen and oxygen atoms in total. The number of carbonyl (C=O) groups is 1. The topological polar surface area (TPSA) is 72.5 Å². The quantitative estimate of drug-likeness (QED) is 0.432. The number of carbonyl (C=O) groups excluding carboxylic acids is 1. The van der Waals surface area contributed by atoms with E-state index in [9.17, 15) is 13.2 Å². The van der Waals surface area contributed by atoms with E-state index in [2.05, 4.69) is 16.4 Å². The van der Waals surface area contributed by atoms with Crippen molar-refractivity contribution in [3.63, 3.8) is 0 Å². The third-order valence-corrected chi connectivity index (χ3v) is 3.51. The van der Waals surface area contributed by atoms with Crippen LogP contribution in [-0.4, -0.2) is 21.1 Å². The molecule has 0 aromatic rings. The van der Waals surface area contributed by atoms with E-state index in [1.54, 1.807) is 0 Å². The smallest absolute Gasteiger partial charge is 0.320 e. The summed E-state index contributed by atoms with van der Waals surface area (Å²) in [6.07, 6.45) is 11.0. The van der Waals surface area contributed by atoms with Crippen LogP contribution in [0.4, 0.5) is 4.79 Å². The van der Waals surface area contributed by atoms with Crippen molar-refractivity contribution in [2.75, 3.05) is 6.54 Å². The van der Waals surface area contributed by atoms with Gasteiger partial charge in [-0.15, -0.1) is 0 Å². The van der Waals surface area contributed by atoms with Crippen molar-refractivity contribution in [3.8, 4) is 0 Å². The van der Waals surface area contributed by atoms with E-state index in [0.717, 1.165) is 19.3 Å². The van der Waals surface area contributed by atoms with Gasteiger partial charge in [0.25, 0.3) is 0 Å². The second-order valence-corrected chi connectivity index (χ2v) is 6.96. The van der Waals surface area contributed by atoms with E-state index in [4.69, 9.17) is 10.7 Å². The van der Waals surface area contributed by atoms with Gasteiger partial charge in [0.1, 0.15) is 0 Å². The van der Waals surface area contributed by atoms with Gasteiger partial charge in [-0.2, -0.15) is 8.42 Å². The summed E-state index contributed by atoms with van der Waals surface area (Å²) in [6.45, 7) is 2.62. The molecule has 0 aliphatic heterocycles. The summed E-state index contributed by atoms with van der Waals surface area (Å²) >= 11 is 0. The Morgan fingerprint density at radius 3 is 1.85 bits per heavy atom. The number of nitrogens with one attached hydrogen (secondary N) is 1. The molecule has 0 saturated carbocycles. The van der Waals surface area contributed by atoms with Gasteiger partial charge >= 0.3 is 15.4 Å². The van der Waals surface area contributed by atoms with Crippen molar-refractivity contribution in [3.05, 3.63) is 0 Å². The van der Waals surface area contributed by atoms with Crippen molar-refractivity contribution in [1.29, 1.82) is 0 Å². The molecule has 0 saturated heterocycles. The van der Waals surface area contributed by atoms with E-state index < -0.39 is 15.4 Å². The molecule has 0 bridgehead atoms. The van der Waals surface area contributed by atoms with Crippen LogP contribution in [0.2, 0.25) is 0 Å². The Morgan fingerprint density at radius 2 is 1.40 bits per heavy atom. The first-order chi connectivity index (χ1) is 9.45. The van der Waals surface area contributed by atoms with Crippen LogP contribution in [-0.2, 0) is 13.5 Å². The third kappa shape index (κ3) is 15.6. The summed E-state index contributed by atoms with van der Waals surface area (Å²) in [5, 5.41) is 2.34. The second kappa shape index (κ2) is 12.3. The molecular formula is C13H26ClNO4S. The Kier molecular flexibility index (Phi) is 12.0. The Bertz CT molecular complexity index is 346. The molecule has 0 atom stereocenters. The molecule has 1 amide bonds. The molecule has 20 heavy (non-hydrogen) atoms. The molecule has 0 aliphatic carbocycles. The van der Waals surface area contributed by atoms with Crippen molar-refractivity contribution in [1.82, 2.24) is 5.32 Å². The predicted molar refractivity (Wildman–Crippen MR) is 81.1 cm³/mol. The zero-order valence-electron chi connectivity index (χ0n) is 12.2. The molecule has 7 heteroatoms. The van der Waals surface area contributed by atoms with Gasteiger partial charge in [-0.05, 0) is 6.42 Å². The van der Waals surface area contributed by atoms with Crippen LogP contribution in [0.5, 0.6) is 0 Å². The van der Waals surface area contributed by atoms with Gasteiger partial charge in [-0.3, -0.25) is 0 Å². The maximum absolute atomic E-state index is 10.9. The van der Waals surface area contributed by atoms with Crippen LogP contribution in [0.15, 0.2) is 0 Å². The first-order valence-electron chi connectivity index (χ1n) is 7.37. The first kappa shape index (κ1) is 19.5. The zero-order chi connectivity index (χ0) is 15.3. The van der Waals surface area contributed by atoms with Crippen LogP contribution in [0.25, 0.3) is 0 Å². The number of hydrogen-bond donors (Lipinski definition) is 1. The molecule has 0 aromatic carbocycles. The molecule has 0 spiro atoms. The van der Waals surface area contributed by atoms with Crippen molar-refractivity contribution in [2.45, 2.75) is 71.1 Å². The third-order valence-electron chi connectivity index (χ3n) is 2.97. The number of unbranched alkanes of at least 4 members (excludes halogenated alkanes) is 9. The summed E-state index contributed by atoms with van der Waals surface area (Å²) in [5.41, 5.74) is 0. The summed E-state index contributed by atoms with van der Waals surface area (Å²) < 4.78 is 24.8. The minimum Gasteiger partial charge on any atom is -0.320 e. The molecule has 0 fully saturated rings. The number of hydrogen-bond acceptors (Lipinski definition) is 4. The van der Waals surface area contributed by atoms with Gasteiger partial charge in [0.05, 0.1) is 10.7 Å². The molecular weight excluding hydrogens is 302 g/mol. The summed E-state index contributed by atoms with van der Waals surface area (Å²) in [5.74, 6) is 0. The fourth-order valence-electron chi connectivity index (χ4n) is 1.92. The van der Waals surface area contributed by atoms with E-state index in [1.165, 1.54) is 44.9 Å². The maximum atomic E-state index is 10.9. The van der Waals surface area contributed by atoms with Gasteiger partial charge < -0.3 is 9.50 Å². The Morgan fingerprint density at radius 1 is 0.950 bits per heavy atom. The lowest BCUT2D eigenvalue weighted by atomic mass is 10.1. The Labute approximate surface area is 127 Å². The standard InChI is InChI=1S/C13H26ClNO4S/c1-2-3-4-5-6-7-8-9-10-11-12-15-13(16)19-20(14,17)18/h2-12H2,1H3,(H,15,16). The Balaban J connectivity index is 3.23. The van der Waals surface area contributed by atoms with Crippen molar-refractivity contribution < 1.29 is 17.4 Å². The van der Waals surface area contributed by atoms with E-state index in [0.29, 0.717) is 6.54 Å². The molecule has 1 N–H and O–H groups in total. The lowest BCUT2D eigenvalue weighted by Gasteiger charge is -2.04. The lowest BCUT2D eigenvalue weighted by Crippen LogP contribution is -2.26. The van der Waals surface area contributed by atoms with Crippen LogP contribution < -0.4 is 5.32 Å². The largest absolute Gasteiger partial charge is 0.423 e. The summed E-state index contributed by atoms with van der Waals surface area (Å²) in [6, 6.07) is 0. The second-order valence-electron chi connectivity index (χ2n) is 4.87. The minimum absolute atomic E-state index is 0.405. The first-order valence-corrected chi connectivity index (χ1v) is 9.61. The summed E-state index contributed by atoms with van der Waals surface area (Å²) in [4.78, 5) is 10.9. The predicted octanol–water partition coefficient (Wildman–Crippen LogP) is 4.12. The molecule has 0 heterocycles. The molecule has 0 radical (unpaired) electrons. The zero-order valence-corrected chi connectivity index (χ0v) is 13.8. The van der Waals surface area contributed by atoms with E-state index >= 15 is 0 Å². The highest BCUT2D eigenvalue weighted by molar-refractivity contribution is 8.10. The van der Waals surface area contributed by atoms with Gasteiger partial charge in [0.2, 0.25) is 0 Å². The van der Waals surface area contributed by atoms with Gasteiger partial charge in [-0.1, -0.05) is 64.7 Å². The van der Waals surface area contributed by atoms with Crippen molar-refractivity contribution >= 4 is 26.1 Å². The fraction of sp³-hybridized carbons (Fsp3) is 0.923. The monoisotopic (exact) mass is 327 g/mol. The van der Waals surface area contributed by atoms with Crippen LogP contribution in [0.1, 0.15) is 71.1 Å². The van der Waals surface area contributed by atoms with E-state index in [-0.39, 0.29) is 0 Å². The molecule has 0 unspecified atom stereocenters. The SMILES string of the molecule is CCCCCCCCCCCCNC(=O)OS(=O)(=O)Cl. The van der Waals surface area contributed by atoms with Gasteiger partial charge in [0.15, 0.2) is 0 Å². The highest BCUT2D eigenvalue weighted by atomic mass is 35.7. The summed E-state index contributed by atoms with van der Waals surface area (Å²) in [7, 11) is 0.532. The van der Waals surface area contributed by atoms with Gasteiger partial charge in [-0.25, -0.2) is 4.79 Å². The fourth-order valence-corrected chi connectivity index (χ4v) is 2.33. The van der Waals surface area contributed by atoms with Crippen LogP contribution in [0, 0.1) is 0 Å². The van der Waals surface area contributed by atoms with Crippen LogP contribution >= 0.6 is 10.7 Å². The maximum Gasteiger partial charge on any atom is 0.423 e. The minimum atomic E-state index is -4.23. The molecule has 120 valence electrons. The van der Waals surface area contributed by atoms with Crippen molar-refractivity contribution in [2.24, 2.45) is 0 Å². The van der Waals surface area contributed by atoms with Gasteiger partial charge in [0, 0.05) is 6.54 Å². The average molecular weight is 328 g/mol.